The van der Waals surface area contributed by atoms with Gasteiger partial charge in [0, 0.05) is 11.7 Å². The first-order valence-corrected chi connectivity index (χ1v) is 12.5. The number of benzene rings is 2. The molecule has 1 aliphatic carbocycles. The van der Waals surface area contributed by atoms with Crippen LogP contribution >= 0.6 is 11.3 Å². The van der Waals surface area contributed by atoms with E-state index in [-0.39, 0.29) is 30.3 Å². The van der Waals surface area contributed by atoms with Crippen LogP contribution in [0.2, 0.25) is 0 Å². The Balaban J connectivity index is 1.67. The minimum atomic E-state index is -0.852. The summed E-state index contributed by atoms with van der Waals surface area (Å²) in [6.07, 6.45) is 4.08. The maximum Gasteiger partial charge on any atom is 0.261 e. The number of thiophene rings is 1. The van der Waals surface area contributed by atoms with Crippen molar-refractivity contribution < 1.29 is 14.4 Å². The van der Waals surface area contributed by atoms with E-state index < -0.39 is 6.04 Å². The predicted molar refractivity (Wildman–Crippen MR) is 135 cm³/mol. The fraction of sp³-hybridized carbons (Fsp3) is 0.296. The van der Waals surface area contributed by atoms with Crippen molar-refractivity contribution in [3.8, 4) is 0 Å². The van der Waals surface area contributed by atoms with Crippen molar-refractivity contribution in [3.63, 3.8) is 0 Å². The second-order valence-electron chi connectivity index (χ2n) is 8.51. The predicted octanol–water partition coefficient (Wildman–Crippen LogP) is 4.62. The number of carbonyl (C=O) groups excluding carboxylic acids is 3. The summed E-state index contributed by atoms with van der Waals surface area (Å²) in [5.74, 6) is -0.867. The molecule has 1 heterocycles. The lowest BCUT2D eigenvalue weighted by Gasteiger charge is -2.33. The zero-order chi connectivity index (χ0) is 23.9. The number of aryl methyl sites for hydroxylation is 1. The van der Waals surface area contributed by atoms with Crippen molar-refractivity contribution in [2.75, 3.05) is 11.4 Å². The van der Waals surface area contributed by atoms with Gasteiger partial charge in [-0.15, -0.1) is 11.3 Å². The van der Waals surface area contributed by atoms with Gasteiger partial charge < -0.3 is 10.6 Å². The van der Waals surface area contributed by atoms with E-state index in [9.17, 15) is 14.4 Å². The van der Waals surface area contributed by atoms with E-state index in [0.29, 0.717) is 10.6 Å². The fourth-order valence-electron chi connectivity index (χ4n) is 4.40. The van der Waals surface area contributed by atoms with Crippen LogP contribution in [0.1, 0.15) is 52.5 Å². The molecule has 1 aliphatic rings. The van der Waals surface area contributed by atoms with E-state index in [0.717, 1.165) is 36.8 Å². The molecule has 2 aromatic carbocycles. The van der Waals surface area contributed by atoms with Gasteiger partial charge in [0.15, 0.2) is 0 Å². The summed E-state index contributed by atoms with van der Waals surface area (Å²) in [5.41, 5.74) is 2.29. The van der Waals surface area contributed by atoms with E-state index in [2.05, 4.69) is 10.6 Å². The molecule has 7 heteroatoms. The maximum absolute atomic E-state index is 13.7. The molecule has 3 aromatic rings. The standard InChI is InChI=1S/C27H29N3O3S/c1-19-10-5-8-15-22(19)25(27(33)29-20-11-6-7-12-20)30(21-13-3-2-4-14-21)24(31)18-28-26(32)23-16-9-17-34-23/h2-5,8-10,13-17,20,25H,6-7,11-12,18H2,1H3,(H,28,32)(H,29,33). The molecule has 0 spiro atoms. The molecule has 3 amide bonds. The molecule has 2 N–H and O–H groups in total. The quantitative estimate of drug-likeness (QED) is 0.499. The minimum absolute atomic E-state index is 0.116. The number of hydrogen-bond donors (Lipinski definition) is 2. The average Bonchev–Trinajstić information content (AvgIpc) is 3.56. The molecule has 1 aromatic heterocycles. The Hall–Kier alpha value is -3.45. The van der Waals surface area contributed by atoms with Crippen molar-refractivity contribution in [2.45, 2.75) is 44.7 Å². The Morgan fingerprint density at radius 2 is 1.68 bits per heavy atom. The summed E-state index contributed by atoms with van der Waals surface area (Å²) < 4.78 is 0. The lowest BCUT2D eigenvalue weighted by molar-refractivity contribution is -0.126. The molecule has 0 bridgehead atoms. The average molecular weight is 476 g/mol. The molecule has 0 radical (unpaired) electrons. The van der Waals surface area contributed by atoms with Gasteiger partial charge in [0.05, 0.1) is 11.4 Å². The minimum Gasteiger partial charge on any atom is -0.351 e. The zero-order valence-electron chi connectivity index (χ0n) is 19.2. The number of anilines is 1. The summed E-state index contributed by atoms with van der Waals surface area (Å²) in [6.45, 7) is 1.72. The molecule has 6 nitrogen and oxygen atoms in total. The van der Waals surface area contributed by atoms with Crippen LogP contribution in [-0.2, 0) is 9.59 Å². The van der Waals surface area contributed by atoms with Crippen molar-refractivity contribution in [2.24, 2.45) is 0 Å². The number of amides is 3. The van der Waals surface area contributed by atoms with Crippen molar-refractivity contribution in [3.05, 3.63) is 88.1 Å². The molecule has 1 fully saturated rings. The van der Waals surface area contributed by atoms with Gasteiger partial charge in [-0.25, -0.2) is 0 Å². The fourth-order valence-corrected chi connectivity index (χ4v) is 5.04. The number of para-hydroxylation sites is 1. The second kappa shape index (κ2) is 11.1. The van der Waals surface area contributed by atoms with E-state index in [1.807, 2.05) is 66.9 Å². The monoisotopic (exact) mass is 475 g/mol. The van der Waals surface area contributed by atoms with Crippen molar-refractivity contribution in [1.82, 2.24) is 10.6 Å². The topological polar surface area (TPSA) is 78.5 Å². The van der Waals surface area contributed by atoms with Gasteiger partial charge in [-0.3, -0.25) is 19.3 Å². The largest absolute Gasteiger partial charge is 0.351 e. The third-order valence-electron chi connectivity index (χ3n) is 6.14. The normalized spacial score (nSPS) is 14.4. The number of nitrogens with one attached hydrogen (secondary N) is 2. The van der Waals surface area contributed by atoms with Gasteiger partial charge in [0.2, 0.25) is 11.8 Å². The number of hydrogen-bond acceptors (Lipinski definition) is 4. The van der Waals surface area contributed by atoms with Gasteiger partial charge in [-0.2, -0.15) is 0 Å². The van der Waals surface area contributed by atoms with Crippen LogP contribution in [0.4, 0.5) is 5.69 Å². The van der Waals surface area contributed by atoms with Crippen LogP contribution in [-0.4, -0.2) is 30.3 Å². The van der Waals surface area contributed by atoms with Crippen LogP contribution in [0.5, 0.6) is 0 Å². The molecule has 1 saturated carbocycles. The highest BCUT2D eigenvalue weighted by molar-refractivity contribution is 7.12. The lowest BCUT2D eigenvalue weighted by atomic mass is 9.97. The molecule has 1 unspecified atom stereocenters. The third-order valence-corrected chi connectivity index (χ3v) is 7.01. The van der Waals surface area contributed by atoms with E-state index >= 15 is 0 Å². The summed E-state index contributed by atoms with van der Waals surface area (Å²) in [6, 6.07) is 19.6. The Kier molecular flexibility index (Phi) is 7.75. The van der Waals surface area contributed by atoms with Crippen LogP contribution in [0.3, 0.4) is 0 Å². The number of nitrogens with zero attached hydrogens (tertiary/aromatic N) is 1. The molecule has 4 rings (SSSR count). The molecule has 0 aliphatic heterocycles. The SMILES string of the molecule is Cc1ccccc1C(C(=O)NC1CCCC1)N(C(=O)CNC(=O)c1cccs1)c1ccccc1. The van der Waals surface area contributed by atoms with Crippen molar-refractivity contribution >= 4 is 34.7 Å². The van der Waals surface area contributed by atoms with E-state index in [1.54, 1.807) is 12.1 Å². The Morgan fingerprint density at radius 3 is 2.35 bits per heavy atom. The highest BCUT2D eigenvalue weighted by Crippen LogP contribution is 2.31. The van der Waals surface area contributed by atoms with E-state index in [4.69, 9.17) is 0 Å². The number of rotatable bonds is 8. The third kappa shape index (κ3) is 5.54. The van der Waals surface area contributed by atoms with E-state index in [1.165, 1.54) is 16.2 Å². The van der Waals surface area contributed by atoms with Crippen LogP contribution in [0, 0.1) is 6.92 Å². The molecule has 176 valence electrons. The molecular weight excluding hydrogens is 446 g/mol. The lowest BCUT2D eigenvalue weighted by Crippen LogP contribution is -2.49. The summed E-state index contributed by atoms with van der Waals surface area (Å²) in [4.78, 5) is 41.9. The van der Waals surface area contributed by atoms with Crippen LogP contribution in [0.25, 0.3) is 0 Å². The Bertz CT molecular complexity index is 1130. The Labute approximate surface area is 204 Å². The molecule has 34 heavy (non-hydrogen) atoms. The van der Waals surface area contributed by atoms with Crippen LogP contribution in [0.15, 0.2) is 72.1 Å². The first kappa shape index (κ1) is 23.7. The van der Waals surface area contributed by atoms with Gasteiger partial charge >= 0.3 is 0 Å². The summed E-state index contributed by atoms with van der Waals surface area (Å²) in [7, 11) is 0. The Morgan fingerprint density at radius 1 is 0.971 bits per heavy atom. The first-order valence-electron chi connectivity index (χ1n) is 11.6. The van der Waals surface area contributed by atoms with Crippen molar-refractivity contribution in [1.29, 1.82) is 0 Å². The smallest absolute Gasteiger partial charge is 0.261 e. The molecular formula is C27H29N3O3S. The summed E-state index contributed by atoms with van der Waals surface area (Å²) in [5, 5.41) is 7.71. The first-order chi connectivity index (χ1) is 16.5. The summed E-state index contributed by atoms with van der Waals surface area (Å²) >= 11 is 1.31. The number of carbonyl (C=O) groups is 3. The molecule has 1 atom stereocenters. The maximum atomic E-state index is 13.7. The van der Waals surface area contributed by atoms with Gasteiger partial charge in [-0.1, -0.05) is 61.4 Å². The van der Waals surface area contributed by atoms with Gasteiger partial charge in [0.1, 0.15) is 6.04 Å². The zero-order valence-corrected chi connectivity index (χ0v) is 20.0. The highest BCUT2D eigenvalue weighted by Gasteiger charge is 2.35. The van der Waals surface area contributed by atoms with Gasteiger partial charge in [0.25, 0.3) is 5.91 Å². The van der Waals surface area contributed by atoms with Gasteiger partial charge in [-0.05, 0) is 54.5 Å². The second-order valence-corrected chi connectivity index (χ2v) is 9.46. The highest BCUT2D eigenvalue weighted by atomic mass is 32.1. The molecule has 0 saturated heterocycles. The van der Waals surface area contributed by atoms with Crippen LogP contribution < -0.4 is 15.5 Å².